The van der Waals surface area contributed by atoms with Gasteiger partial charge in [-0.2, -0.15) is 4.31 Å². The van der Waals surface area contributed by atoms with Crippen LogP contribution in [0.5, 0.6) is 0 Å². The lowest BCUT2D eigenvalue weighted by Crippen LogP contribution is -2.51. The molecular formula is C11H17F2N2O12P3S. The maximum atomic E-state index is 15.2. The van der Waals surface area contributed by atoms with Gasteiger partial charge in [-0.05, 0) is 18.7 Å². The number of nitrogens with one attached hydrogen (secondary N) is 1. The number of nitrogens with zero attached hydrogens (tertiary/aromatic N) is 1. The average Bonchev–Trinajstić information content (AvgIpc) is 2.71. The number of rotatable bonds is 8. The monoisotopic (exact) mass is 532 g/mol. The first-order chi connectivity index (χ1) is 13.8. The highest BCUT2D eigenvalue weighted by molar-refractivity contribution is 8.08. The molecule has 6 atom stereocenters. The summed E-state index contributed by atoms with van der Waals surface area (Å²) in [6.07, 6.45) is -2.54. The number of hydrogen-bond acceptors (Lipinski definition) is 10. The largest absolute Gasteiger partial charge is 0.488 e. The zero-order chi connectivity index (χ0) is 24.0. The molecule has 2 unspecified atom stereocenters. The molecule has 31 heavy (non-hydrogen) atoms. The second-order valence-electron chi connectivity index (χ2n) is 6.33. The molecule has 6 N–H and O–H groups in total. The molecule has 2 aliphatic heterocycles. The van der Waals surface area contributed by atoms with Crippen LogP contribution >= 0.6 is 22.4 Å². The number of aliphatic hydroxyl groups excluding tert-OH is 1. The van der Waals surface area contributed by atoms with Gasteiger partial charge >= 0.3 is 22.4 Å². The van der Waals surface area contributed by atoms with E-state index < -0.39 is 58.7 Å². The van der Waals surface area contributed by atoms with Crippen LogP contribution in [0.2, 0.25) is 0 Å². The molecule has 0 bridgehead atoms. The quantitative estimate of drug-likeness (QED) is 0.227. The van der Waals surface area contributed by atoms with E-state index in [0.29, 0.717) is 0 Å². The maximum Gasteiger partial charge on any atom is 0.488 e. The summed E-state index contributed by atoms with van der Waals surface area (Å²) in [5.74, 6) is -4.24. The molecule has 0 radical (unpaired) electrons. The highest BCUT2D eigenvalue weighted by Crippen LogP contribution is 2.66. The van der Waals surface area contributed by atoms with Gasteiger partial charge in [0.2, 0.25) is 0 Å². The van der Waals surface area contributed by atoms with Crippen molar-refractivity contribution in [2.24, 2.45) is 0 Å². The Bertz CT molecular complexity index is 943. The van der Waals surface area contributed by atoms with Crippen LogP contribution in [0.3, 0.4) is 0 Å². The first-order valence-electron chi connectivity index (χ1n) is 7.76. The van der Waals surface area contributed by atoms with Gasteiger partial charge < -0.3 is 44.2 Å². The summed E-state index contributed by atoms with van der Waals surface area (Å²) in [4.78, 5) is 48.1. The van der Waals surface area contributed by atoms with E-state index in [0.717, 1.165) is 24.1 Å². The minimum atomic E-state index is -5.67. The molecule has 1 saturated heterocycles. The van der Waals surface area contributed by atoms with Gasteiger partial charge in [0.05, 0.1) is 0 Å². The Kier molecular flexibility index (Phi) is 7.39. The molecule has 1 fully saturated rings. The first kappa shape index (κ1) is 26.6. The van der Waals surface area contributed by atoms with Crippen molar-refractivity contribution in [2.45, 2.75) is 30.8 Å². The second-order valence-corrected chi connectivity index (χ2v) is 12.1. The van der Waals surface area contributed by atoms with Gasteiger partial charge in [0, 0.05) is 12.3 Å². The van der Waals surface area contributed by atoms with Crippen molar-refractivity contribution in [3.63, 3.8) is 0 Å². The number of alkyl halides is 2. The summed E-state index contributed by atoms with van der Waals surface area (Å²) in [6, 6.07) is 0. The van der Waals surface area contributed by atoms with Crippen molar-refractivity contribution in [3.05, 3.63) is 24.7 Å². The molecule has 1 amide bonds. The highest BCUT2D eigenvalue weighted by Gasteiger charge is 2.66. The van der Waals surface area contributed by atoms with Crippen LogP contribution in [0.15, 0.2) is 24.7 Å². The fraction of sp³-hybridized carbons (Fsp3) is 0.545. The summed E-state index contributed by atoms with van der Waals surface area (Å²) < 4.78 is 69.0. The molecular weight excluding hydrogens is 515 g/mol. The molecule has 2 aliphatic rings. The van der Waals surface area contributed by atoms with Crippen LogP contribution in [-0.4, -0.2) is 65.9 Å². The van der Waals surface area contributed by atoms with Crippen LogP contribution in [-0.2, 0) is 43.6 Å². The number of ether oxygens (including phenoxy) is 1. The van der Waals surface area contributed by atoms with Gasteiger partial charge in [-0.15, -0.1) is 0 Å². The Labute approximate surface area is 178 Å². The molecule has 178 valence electrons. The number of carbonyl (C=O) groups excluding carboxylic acids is 1. The predicted octanol–water partition coefficient (Wildman–Crippen LogP) is -0.0260. The summed E-state index contributed by atoms with van der Waals surface area (Å²) >= 11 is 4.32. The van der Waals surface area contributed by atoms with E-state index in [4.69, 9.17) is 14.5 Å². The van der Waals surface area contributed by atoms with E-state index in [1.807, 2.05) is 0 Å². The summed E-state index contributed by atoms with van der Waals surface area (Å²) in [6.45, 7) is -2.30. The number of amides is 1. The number of hydrogen-bond donors (Lipinski definition) is 6. The summed E-state index contributed by atoms with van der Waals surface area (Å²) in [5.41, 5.74) is -2.86. The Morgan fingerprint density at radius 2 is 1.90 bits per heavy atom. The lowest BCUT2D eigenvalue weighted by Gasteiger charge is -2.35. The fourth-order valence-electron chi connectivity index (χ4n) is 2.54. The summed E-state index contributed by atoms with van der Waals surface area (Å²) in [7, 11) is -11.2. The minimum absolute atomic E-state index is 0.217. The van der Waals surface area contributed by atoms with Crippen molar-refractivity contribution in [1.29, 1.82) is 0 Å². The van der Waals surface area contributed by atoms with Crippen LogP contribution in [0.4, 0.5) is 8.78 Å². The third-order valence-electron chi connectivity index (χ3n) is 3.79. The lowest BCUT2D eigenvalue weighted by molar-refractivity contribution is -0.206. The number of phosphoric acid groups is 2. The molecule has 0 saturated carbocycles. The average molecular weight is 532 g/mol. The van der Waals surface area contributed by atoms with Crippen LogP contribution in [0.1, 0.15) is 6.92 Å². The Hall–Kier alpha value is -0.640. The van der Waals surface area contributed by atoms with Crippen LogP contribution in [0, 0.1) is 0 Å². The molecule has 2 rings (SSSR count). The molecule has 0 spiro atoms. The van der Waals surface area contributed by atoms with E-state index in [1.54, 1.807) is 0 Å². The van der Waals surface area contributed by atoms with Crippen molar-refractivity contribution in [3.8, 4) is 0 Å². The number of aliphatic hydroxyl groups is 1. The van der Waals surface area contributed by atoms with Gasteiger partial charge in [0.15, 0.2) is 18.0 Å². The van der Waals surface area contributed by atoms with Crippen molar-refractivity contribution in [2.75, 3.05) is 6.61 Å². The Morgan fingerprint density at radius 3 is 2.42 bits per heavy atom. The van der Waals surface area contributed by atoms with E-state index in [1.165, 1.54) is 0 Å². The molecule has 0 aromatic rings. The maximum absolute atomic E-state index is 15.2. The van der Waals surface area contributed by atoms with E-state index >= 15 is 8.78 Å². The summed E-state index contributed by atoms with van der Waals surface area (Å²) in [5, 5.41) is 12.3. The van der Waals surface area contributed by atoms with Gasteiger partial charge in [-0.3, -0.25) is 4.79 Å². The van der Waals surface area contributed by atoms with Crippen molar-refractivity contribution in [1.82, 2.24) is 10.2 Å². The lowest BCUT2D eigenvalue weighted by atomic mass is 9.96. The van der Waals surface area contributed by atoms with E-state index in [-0.39, 0.29) is 5.82 Å². The van der Waals surface area contributed by atoms with Gasteiger partial charge in [-0.1, -0.05) is 6.58 Å². The molecule has 0 aliphatic carbocycles. The molecule has 0 aromatic carbocycles. The van der Waals surface area contributed by atoms with Crippen molar-refractivity contribution >= 4 is 40.1 Å². The van der Waals surface area contributed by atoms with Crippen molar-refractivity contribution < 1.29 is 65.3 Å². The SMILES string of the molecule is C=C1NC(=O)C=CN1[C@@H]1O[C@](F)(COP(O)(=S)OP(=O)(O)OP(=O)(O)O)[C@@H](O)[C@@]1(C)F. The fourth-order valence-corrected chi connectivity index (χ4v) is 6.49. The predicted molar refractivity (Wildman–Crippen MR) is 99.0 cm³/mol. The second kappa shape index (κ2) is 8.61. The Morgan fingerprint density at radius 1 is 1.32 bits per heavy atom. The highest BCUT2D eigenvalue weighted by atomic mass is 32.5. The van der Waals surface area contributed by atoms with Crippen LogP contribution < -0.4 is 5.32 Å². The smallest absolute Gasteiger partial charge is 0.384 e. The number of halogens is 2. The molecule has 14 nitrogen and oxygen atoms in total. The third kappa shape index (κ3) is 6.45. The zero-order valence-electron chi connectivity index (χ0n) is 15.3. The Balaban J connectivity index is 2.16. The van der Waals surface area contributed by atoms with E-state index in [2.05, 4.69) is 36.8 Å². The topological polar surface area (TPSA) is 205 Å². The van der Waals surface area contributed by atoms with Gasteiger partial charge in [-0.25, -0.2) is 22.2 Å². The van der Waals surface area contributed by atoms with Gasteiger partial charge in [0.1, 0.15) is 12.4 Å². The minimum Gasteiger partial charge on any atom is -0.384 e. The van der Waals surface area contributed by atoms with Gasteiger partial charge in [0.25, 0.3) is 11.8 Å². The molecule has 20 heteroatoms. The number of carbonyl (C=O) groups is 1. The molecule has 0 aromatic heterocycles. The standard InChI is InChI=1S/C11H17F2N2O12P3S/c1-6-14-7(16)3-4-15(6)9-10(2,12)8(17)11(13,25-9)5-24-30(23,31)27-29(21,22)26-28(18,19)20/h3-4,8-9,17H,1,5H2,2H3,(H,14,16)(H,21,22)(H,23,31)(H2,18,19,20)/t8-,9+,10+,11+,30?/m0/s1. The third-order valence-corrected chi connectivity index (χ3v) is 8.49. The zero-order valence-corrected chi connectivity index (χ0v) is 18.8. The van der Waals surface area contributed by atoms with E-state index in [9.17, 15) is 28.8 Å². The first-order valence-corrected chi connectivity index (χ1v) is 13.4. The van der Waals surface area contributed by atoms with Crippen LogP contribution in [0.25, 0.3) is 0 Å². The molecule has 2 heterocycles. The normalized spacial score (nSPS) is 35.5.